The fourth-order valence-corrected chi connectivity index (χ4v) is 5.50. The van der Waals surface area contributed by atoms with Crippen LogP contribution in [0.15, 0.2) is 0 Å². The van der Waals surface area contributed by atoms with E-state index >= 15 is 0 Å². The number of ether oxygens (including phenoxy) is 2. The first-order valence-electron chi connectivity index (χ1n) is 9.31. The molecule has 27 heavy (non-hydrogen) atoms. The quantitative estimate of drug-likeness (QED) is 0.466. The van der Waals surface area contributed by atoms with E-state index < -0.39 is 45.9 Å². The fraction of sp³-hybridized carbons (Fsp3) is 0.833. The van der Waals surface area contributed by atoms with Gasteiger partial charge in [0.1, 0.15) is 17.7 Å². The summed E-state index contributed by atoms with van der Waals surface area (Å²) in [5.41, 5.74) is -0.656. The number of amides is 2. The van der Waals surface area contributed by atoms with Crippen molar-refractivity contribution in [3.8, 4) is 0 Å². The number of methoxy groups -OCH3 is 1. The molecule has 0 rings (SSSR count). The van der Waals surface area contributed by atoms with E-state index in [4.69, 9.17) is 9.47 Å². The minimum absolute atomic E-state index is 0.378. The molecule has 0 aliphatic carbocycles. The van der Waals surface area contributed by atoms with Gasteiger partial charge in [-0.2, -0.15) is 0 Å². The molecule has 158 valence electrons. The Hall–Kier alpha value is -1.36. The highest BCUT2D eigenvalue weighted by atomic mass is 28.3. The van der Waals surface area contributed by atoms with Crippen molar-refractivity contribution in [2.75, 3.05) is 7.11 Å². The zero-order chi connectivity index (χ0) is 21.6. The number of carbonyl (C=O) groups excluding carboxylic acids is 3. The van der Waals surface area contributed by atoms with E-state index in [0.717, 1.165) is 0 Å². The summed E-state index contributed by atoms with van der Waals surface area (Å²) in [5.74, 6) is -0.841. The maximum absolute atomic E-state index is 12.9. The lowest BCUT2D eigenvalue weighted by atomic mass is 10.2. The van der Waals surface area contributed by atoms with Crippen LogP contribution >= 0.6 is 0 Å². The van der Waals surface area contributed by atoms with Crippen molar-refractivity contribution in [3.63, 3.8) is 0 Å². The molecule has 0 saturated heterocycles. The number of carbonyl (C=O) groups is 3. The number of rotatable bonds is 8. The predicted molar refractivity (Wildman–Crippen MR) is 113 cm³/mol. The number of alkyl carbamates (subject to hydrolysis) is 1. The average molecular weight is 419 g/mol. The Kier molecular flexibility index (Phi) is 9.23. The third kappa shape index (κ3) is 12.6. The Bertz CT molecular complexity index is 533. The normalized spacial score (nSPS) is 14.7. The molecule has 0 saturated carbocycles. The summed E-state index contributed by atoms with van der Waals surface area (Å²) >= 11 is 0. The minimum Gasteiger partial charge on any atom is -0.467 e. The van der Waals surface area contributed by atoms with Gasteiger partial charge in [0.25, 0.3) is 0 Å². The summed E-state index contributed by atoms with van der Waals surface area (Å²) in [7, 11) is -2.00. The third-order valence-corrected chi connectivity index (χ3v) is 6.71. The van der Waals surface area contributed by atoms with Crippen LogP contribution in [0, 0.1) is 0 Å². The molecule has 2 amide bonds. The van der Waals surface area contributed by atoms with E-state index in [1.165, 1.54) is 7.11 Å². The van der Waals surface area contributed by atoms with Crippen LogP contribution in [-0.4, -0.2) is 58.9 Å². The monoisotopic (exact) mass is 418 g/mol. The molecule has 0 aliphatic rings. The van der Waals surface area contributed by atoms with Crippen LogP contribution in [0.2, 0.25) is 51.4 Å². The van der Waals surface area contributed by atoms with Gasteiger partial charge in [-0.15, -0.1) is 0 Å². The molecule has 9 heteroatoms. The van der Waals surface area contributed by atoms with Crippen molar-refractivity contribution < 1.29 is 23.9 Å². The van der Waals surface area contributed by atoms with Crippen LogP contribution in [0.5, 0.6) is 0 Å². The van der Waals surface area contributed by atoms with Crippen molar-refractivity contribution in [2.24, 2.45) is 0 Å². The first-order chi connectivity index (χ1) is 11.9. The Morgan fingerprint density at radius 1 is 0.852 bits per heavy atom. The Labute approximate surface area is 166 Å². The largest absolute Gasteiger partial charge is 0.467 e. The summed E-state index contributed by atoms with van der Waals surface area (Å²) in [6.45, 7) is 18.0. The maximum atomic E-state index is 12.9. The second-order valence-electron chi connectivity index (χ2n) is 10.3. The van der Waals surface area contributed by atoms with Crippen LogP contribution in [0.3, 0.4) is 0 Å². The summed E-state index contributed by atoms with van der Waals surface area (Å²) in [4.78, 5) is 37.2. The van der Waals surface area contributed by atoms with Crippen molar-refractivity contribution in [1.82, 2.24) is 10.6 Å². The smallest absolute Gasteiger partial charge is 0.408 e. The first-order valence-corrected chi connectivity index (χ1v) is 16.7. The molecule has 0 unspecified atom stereocenters. The zero-order valence-corrected chi connectivity index (χ0v) is 20.6. The molecule has 0 aromatic rings. The molecule has 0 spiro atoms. The second-order valence-corrected chi connectivity index (χ2v) is 21.4. The van der Waals surface area contributed by atoms with Crippen molar-refractivity contribution in [2.45, 2.75) is 89.8 Å². The Balaban J connectivity index is 5.35. The molecule has 0 aromatic carbocycles. The summed E-state index contributed by atoms with van der Waals surface area (Å²) in [6.07, 6.45) is -0.638. The predicted octanol–water partition coefficient (Wildman–Crippen LogP) is 3.21. The van der Waals surface area contributed by atoms with Crippen molar-refractivity contribution >= 4 is 34.1 Å². The van der Waals surface area contributed by atoms with E-state index in [2.05, 4.69) is 49.9 Å². The lowest BCUT2D eigenvalue weighted by Gasteiger charge is -2.29. The van der Waals surface area contributed by atoms with Gasteiger partial charge in [0, 0.05) is 16.1 Å². The molecular formula is C18H38N2O5Si2. The Morgan fingerprint density at radius 2 is 1.30 bits per heavy atom. The molecule has 0 fully saturated rings. The van der Waals surface area contributed by atoms with Gasteiger partial charge in [-0.05, 0) is 32.9 Å². The van der Waals surface area contributed by atoms with Crippen LogP contribution in [0.1, 0.15) is 20.8 Å². The van der Waals surface area contributed by atoms with Crippen LogP contribution < -0.4 is 10.6 Å². The highest BCUT2D eigenvalue weighted by molar-refractivity contribution is 6.77. The van der Waals surface area contributed by atoms with Crippen LogP contribution in [-0.2, 0) is 19.1 Å². The number of nitrogens with one attached hydrogen (secondary N) is 2. The van der Waals surface area contributed by atoms with Crippen LogP contribution in [0.25, 0.3) is 0 Å². The molecule has 0 bridgehead atoms. The summed E-state index contributed by atoms with van der Waals surface area (Å²) in [6, 6.07) is -0.352. The lowest BCUT2D eigenvalue weighted by molar-refractivity contribution is -0.144. The molecule has 0 aliphatic heterocycles. The van der Waals surface area contributed by atoms with Gasteiger partial charge < -0.3 is 20.1 Å². The van der Waals surface area contributed by atoms with Crippen molar-refractivity contribution in [3.05, 3.63) is 0 Å². The topological polar surface area (TPSA) is 93.7 Å². The average Bonchev–Trinajstić information content (AvgIpc) is 2.39. The minimum atomic E-state index is -1.68. The van der Waals surface area contributed by atoms with E-state index in [1.807, 2.05) is 0 Å². The second kappa shape index (κ2) is 9.72. The van der Waals surface area contributed by atoms with Gasteiger partial charge in [0.2, 0.25) is 5.91 Å². The maximum Gasteiger partial charge on any atom is 0.408 e. The van der Waals surface area contributed by atoms with E-state index in [1.54, 1.807) is 20.8 Å². The van der Waals surface area contributed by atoms with Gasteiger partial charge >= 0.3 is 12.1 Å². The van der Waals surface area contributed by atoms with E-state index in [9.17, 15) is 14.4 Å². The molecule has 7 nitrogen and oxygen atoms in total. The third-order valence-electron chi connectivity index (χ3n) is 3.44. The highest BCUT2D eigenvalue weighted by Crippen LogP contribution is 2.16. The fourth-order valence-electron chi connectivity index (χ4n) is 2.49. The van der Waals surface area contributed by atoms with Gasteiger partial charge in [-0.3, -0.25) is 4.79 Å². The highest BCUT2D eigenvalue weighted by Gasteiger charge is 2.34. The van der Waals surface area contributed by atoms with E-state index in [-0.39, 0.29) is 5.91 Å². The molecule has 2 atom stereocenters. The van der Waals surface area contributed by atoms with Gasteiger partial charge in [0.15, 0.2) is 0 Å². The molecule has 0 aromatic heterocycles. The van der Waals surface area contributed by atoms with Gasteiger partial charge in [-0.25, -0.2) is 9.59 Å². The van der Waals surface area contributed by atoms with Crippen molar-refractivity contribution in [1.29, 1.82) is 0 Å². The standard InChI is InChI=1S/C18H38N2O5Si2/c1-18(2,3)25-17(23)20-13(11-26(5,6)7)15(21)19-14(16(22)24-4)12-27(8,9)10/h13-14H,11-12H2,1-10H3,(H,19,21)(H,20,23)/t13-,14+/m1/s1. The number of hydrogen-bond donors (Lipinski definition) is 2. The lowest BCUT2D eigenvalue weighted by Crippen LogP contribution is -2.55. The molecule has 2 N–H and O–H groups in total. The summed E-state index contributed by atoms with van der Waals surface area (Å²) in [5, 5.41) is 5.46. The summed E-state index contributed by atoms with van der Waals surface area (Å²) < 4.78 is 10.1. The van der Waals surface area contributed by atoms with E-state index in [0.29, 0.717) is 12.1 Å². The SMILES string of the molecule is COC(=O)[C@H](C[Si](C)(C)C)NC(=O)[C@@H](C[Si](C)(C)C)NC(=O)OC(C)(C)C. The molecule has 0 radical (unpaired) electrons. The first kappa shape index (κ1) is 25.6. The number of hydrogen-bond acceptors (Lipinski definition) is 5. The van der Waals surface area contributed by atoms with Gasteiger partial charge in [0.05, 0.1) is 7.11 Å². The van der Waals surface area contributed by atoms with Crippen LogP contribution in [0.4, 0.5) is 4.79 Å². The molecular weight excluding hydrogens is 380 g/mol. The Morgan fingerprint density at radius 3 is 1.67 bits per heavy atom. The molecule has 0 heterocycles. The zero-order valence-electron chi connectivity index (χ0n) is 18.6. The van der Waals surface area contributed by atoms with Gasteiger partial charge in [-0.1, -0.05) is 39.3 Å². The number of esters is 1.